The largest absolute Gasteiger partial charge is 0.235 e. The lowest BCUT2D eigenvalue weighted by Gasteiger charge is -2.27. The van der Waals surface area contributed by atoms with Gasteiger partial charge in [0.05, 0.1) is 24.0 Å². The number of rotatable bonds is 5. The van der Waals surface area contributed by atoms with Crippen LogP contribution in [0.5, 0.6) is 0 Å². The van der Waals surface area contributed by atoms with E-state index in [-0.39, 0.29) is 11.7 Å². The summed E-state index contributed by atoms with van der Waals surface area (Å²) in [5, 5.41) is 5.22. The molecule has 180 valence electrons. The highest BCUT2D eigenvalue weighted by Gasteiger charge is 2.27. The van der Waals surface area contributed by atoms with Crippen LogP contribution in [-0.4, -0.2) is 18.0 Å². The van der Waals surface area contributed by atoms with E-state index in [1.165, 1.54) is 32.3 Å². The van der Waals surface area contributed by atoms with Crippen molar-refractivity contribution < 1.29 is 1.37 Å². The lowest BCUT2D eigenvalue weighted by atomic mass is 9.88. The van der Waals surface area contributed by atoms with E-state index in [1.54, 1.807) is 11.3 Å². The molecule has 0 bridgehead atoms. The molecule has 3 aromatic carbocycles. The fraction of sp³-hybridized carbons (Fsp3) is 0.355. The number of hydrogen-bond acceptors (Lipinski definition) is 3. The summed E-state index contributed by atoms with van der Waals surface area (Å²) in [5.41, 5.74) is 4.48. The second-order valence-corrected chi connectivity index (χ2v) is 18.0. The van der Waals surface area contributed by atoms with Crippen molar-refractivity contribution in [2.24, 2.45) is 11.3 Å². The first-order valence-electron chi connectivity index (χ1n) is 13.1. The van der Waals surface area contributed by atoms with Crippen LogP contribution in [0, 0.1) is 11.3 Å². The van der Waals surface area contributed by atoms with Gasteiger partial charge in [0.2, 0.25) is 0 Å². The SMILES string of the molecule is [2H]c1nc(-c2cc([Si](C)(C)CC(C)C)c3ccccc3c2)c2sc3cc(CC(C)(C)C)ccc3c2n1. The molecule has 2 nitrogen and oxygen atoms in total. The minimum Gasteiger partial charge on any atom is -0.235 e. The molecule has 2 heterocycles. The molecule has 0 aliphatic heterocycles. The second-order valence-electron chi connectivity index (χ2n) is 12.2. The van der Waals surface area contributed by atoms with Crippen molar-refractivity contribution in [2.75, 3.05) is 0 Å². The average molecular weight is 498 g/mol. The Morgan fingerprint density at radius 1 is 0.971 bits per heavy atom. The van der Waals surface area contributed by atoms with E-state index in [9.17, 15) is 0 Å². The van der Waals surface area contributed by atoms with Gasteiger partial charge in [0, 0.05) is 15.6 Å². The van der Waals surface area contributed by atoms with E-state index in [1.807, 2.05) is 0 Å². The van der Waals surface area contributed by atoms with Gasteiger partial charge in [-0.15, -0.1) is 11.3 Å². The predicted octanol–water partition coefficient (Wildman–Crippen LogP) is 8.82. The van der Waals surface area contributed by atoms with Crippen molar-refractivity contribution >= 4 is 55.7 Å². The van der Waals surface area contributed by atoms with E-state index < -0.39 is 8.07 Å². The van der Waals surface area contributed by atoms with Crippen LogP contribution in [0.3, 0.4) is 0 Å². The molecule has 0 unspecified atom stereocenters. The van der Waals surface area contributed by atoms with Gasteiger partial charge in [0.15, 0.2) is 0 Å². The molecule has 0 saturated carbocycles. The Morgan fingerprint density at radius 3 is 2.49 bits per heavy atom. The summed E-state index contributed by atoms with van der Waals surface area (Å²) in [6.45, 7) is 16.5. The first-order chi connectivity index (χ1) is 16.9. The monoisotopic (exact) mass is 497 g/mol. The molecule has 0 N–H and O–H groups in total. The molecule has 4 heteroatoms. The Hall–Kier alpha value is -2.56. The predicted molar refractivity (Wildman–Crippen MR) is 158 cm³/mol. The quantitative estimate of drug-likeness (QED) is 0.227. The van der Waals surface area contributed by atoms with Crippen molar-refractivity contribution in [1.29, 1.82) is 0 Å². The number of hydrogen-bond donors (Lipinski definition) is 0. The van der Waals surface area contributed by atoms with E-state index in [0.29, 0.717) is 5.92 Å². The highest BCUT2D eigenvalue weighted by atomic mass is 32.1. The lowest BCUT2D eigenvalue weighted by molar-refractivity contribution is 0.411. The number of aromatic nitrogens is 2. The van der Waals surface area contributed by atoms with Gasteiger partial charge in [-0.1, -0.05) is 101 Å². The van der Waals surface area contributed by atoms with Crippen LogP contribution >= 0.6 is 11.3 Å². The van der Waals surface area contributed by atoms with E-state index in [0.717, 1.165) is 33.3 Å². The average Bonchev–Trinajstić information content (AvgIpc) is 3.13. The number of thiophene rings is 1. The molecule has 2 aromatic heterocycles. The van der Waals surface area contributed by atoms with Crippen LogP contribution < -0.4 is 5.19 Å². The summed E-state index contributed by atoms with van der Waals surface area (Å²) in [4.78, 5) is 9.32. The second kappa shape index (κ2) is 8.83. The zero-order valence-electron chi connectivity index (χ0n) is 23.0. The zero-order valence-corrected chi connectivity index (χ0v) is 23.8. The van der Waals surface area contributed by atoms with Gasteiger partial charge in [0.25, 0.3) is 0 Å². The third kappa shape index (κ3) is 4.79. The molecule has 0 fully saturated rings. The number of fused-ring (bicyclic) bond motifs is 4. The summed E-state index contributed by atoms with van der Waals surface area (Å²) < 4.78 is 10.8. The van der Waals surface area contributed by atoms with Gasteiger partial charge >= 0.3 is 0 Å². The molecule has 0 spiro atoms. The van der Waals surface area contributed by atoms with Gasteiger partial charge in [-0.05, 0) is 46.2 Å². The maximum Gasteiger partial charge on any atom is 0.116 e. The molecule has 5 rings (SSSR count). The molecule has 5 aromatic rings. The Morgan fingerprint density at radius 2 is 1.74 bits per heavy atom. The molecule has 0 aliphatic carbocycles. The Balaban J connectivity index is 1.75. The van der Waals surface area contributed by atoms with Crippen LogP contribution in [0.1, 0.15) is 41.6 Å². The van der Waals surface area contributed by atoms with Crippen molar-refractivity contribution in [1.82, 2.24) is 9.97 Å². The van der Waals surface area contributed by atoms with Crippen molar-refractivity contribution in [3.63, 3.8) is 0 Å². The Labute approximate surface area is 215 Å². The highest BCUT2D eigenvalue weighted by Crippen LogP contribution is 2.39. The Kier molecular flexibility index (Phi) is 5.77. The fourth-order valence-corrected chi connectivity index (χ4v) is 10.6. The van der Waals surface area contributed by atoms with Crippen molar-refractivity contribution in [3.05, 3.63) is 66.5 Å². The minimum atomic E-state index is -1.70. The first kappa shape index (κ1) is 22.9. The highest BCUT2D eigenvalue weighted by molar-refractivity contribution is 7.26. The van der Waals surface area contributed by atoms with Crippen LogP contribution in [-0.2, 0) is 6.42 Å². The third-order valence-corrected chi connectivity index (χ3v) is 11.6. The summed E-state index contributed by atoms with van der Waals surface area (Å²) in [5.74, 6) is 0.657. The molecule has 35 heavy (non-hydrogen) atoms. The van der Waals surface area contributed by atoms with Crippen LogP contribution in [0.15, 0.2) is 60.9 Å². The van der Waals surface area contributed by atoms with Crippen LogP contribution in [0.25, 0.3) is 42.3 Å². The summed E-state index contributed by atoms with van der Waals surface area (Å²) >= 11 is 1.76. The molecule has 0 radical (unpaired) electrons. The van der Waals surface area contributed by atoms with Gasteiger partial charge in [-0.2, -0.15) is 0 Å². The van der Waals surface area contributed by atoms with Crippen LogP contribution in [0.4, 0.5) is 0 Å². The van der Waals surface area contributed by atoms with Gasteiger partial charge < -0.3 is 0 Å². The van der Waals surface area contributed by atoms with E-state index >= 15 is 0 Å². The topological polar surface area (TPSA) is 25.8 Å². The number of benzene rings is 3. The molecule has 0 aliphatic rings. The first-order valence-corrected chi connectivity index (χ1v) is 16.7. The summed E-state index contributed by atoms with van der Waals surface area (Å²) in [6, 6.07) is 21.4. The van der Waals surface area contributed by atoms with Gasteiger partial charge in [0.1, 0.15) is 7.67 Å². The van der Waals surface area contributed by atoms with Crippen LogP contribution in [0.2, 0.25) is 19.1 Å². The summed E-state index contributed by atoms with van der Waals surface area (Å²) in [6.07, 6.45) is 1.12. The normalized spacial score (nSPS) is 13.3. The lowest BCUT2D eigenvalue weighted by Crippen LogP contribution is -2.42. The molecule has 0 saturated heterocycles. The number of nitrogens with zero attached hydrogens (tertiary/aromatic N) is 2. The minimum absolute atomic E-state index is 0.0874. The zero-order chi connectivity index (χ0) is 25.8. The third-order valence-electron chi connectivity index (χ3n) is 6.78. The molecular weight excluding hydrogens is 461 g/mol. The molecular formula is C31H36N2SSi. The summed E-state index contributed by atoms with van der Waals surface area (Å²) in [7, 11) is -1.70. The molecule has 0 atom stereocenters. The Bertz CT molecular complexity index is 1590. The maximum atomic E-state index is 8.46. The standard InChI is InChI=1S/C31H36N2SSi/c1-20(2)18-35(6,7)27-16-23(15-22-10-8-9-11-24(22)27)28-30-29(33-19-32-28)25-13-12-21(14-26(25)34-30)17-31(3,4)5/h8-16,19-20H,17-18H2,1-7H3/i19D. The maximum absolute atomic E-state index is 8.46. The van der Waals surface area contributed by atoms with Crippen molar-refractivity contribution in [3.8, 4) is 11.3 Å². The van der Waals surface area contributed by atoms with Gasteiger partial charge in [-0.25, -0.2) is 9.97 Å². The van der Waals surface area contributed by atoms with E-state index in [4.69, 9.17) is 6.35 Å². The van der Waals surface area contributed by atoms with Gasteiger partial charge in [-0.3, -0.25) is 0 Å². The fourth-order valence-electron chi connectivity index (χ4n) is 5.63. The van der Waals surface area contributed by atoms with Crippen molar-refractivity contribution in [2.45, 2.75) is 60.2 Å². The molecule has 0 amide bonds. The van der Waals surface area contributed by atoms with E-state index in [2.05, 4.69) is 107 Å². The smallest absolute Gasteiger partial charge is 0.116 e.